The van der Waals surface area contributed by atoms with E-state index in [9.17, 15) is 17.6 Å². The predicted molar refractivity (Wildman–Crippen MR) is 137 cm³/mol. The molecule has 1 unspecified atom stereocenters. The van der Waals surface area contributed by atoms with E-state index in [0.29, 0.717) is 17.9 Å². The molecular formula is C29H36F4O. The molecular weight excluding hydrogens is 440 g/mol. The zero-order valence-electron chi connectivity index (χ0n) is 20.8. The molecule has 0 saturated carbocycles. The summed E-state index contributed by atoms with van der Waals surface area (Å²) in [6, 6.07) is 0. The van der Waals surface area contributed by atoms with Crippen molar-refractivity contribution in [1.29, 1.82) is 0 Å². The Labute approximate surface area is 202 Å². The van der Waals surface area contributed by atoms with Gasteiger partial charge in [0.1, 0.15) is 0 Å². The van der Waals surface area contributed by atoms with Crippen LogP contribution in [0.15, 0.2) is 120 Å². The van der Waals surface area contributed by atoms with Gasteiger partial charge >= 0.3 is 0 Å². The normalized spacial score (nSPS) is 14.2. The van der Waals surface area contributed by atoms with E-state index in [1.807, 2.05) is 13.0 Å². The van der Waals surface area contributed by atoms with Crippen LogP contribution in [0.5, 0.6) is 0 Å². The third-order valence-corrected chi connectivity index (χ3v) is 5.17. The molecule has 1 atom stereocenters. The minimum absolute atomic E-state index is 0.0104. The van der Waals surface area contributed by atoms with E-state index >= 15 is 0 Å². The van der Waals surface area contributed by atoms with E-state index in [1.165, 1.54) is 12.2 Å². The molecule has 0 bridgehead atoms. The van der Waals surface area contributed by atoms with E-state index in [-0.39, 0.29) is 34.5 Å². The Hall–Kier alpha value is -3.08. The number of allylic oxidation sites excluding steroid dienone is 13. The van der Waals surface area contributed by atoms with Crippen LogP contribution >= 0.6 is 0 Å². The largest absolute Gasteiger partial charge is 0.491 e. The van der Waals surface area contributed by atoms with Gasteiger partial charge in [0.05, 0.1) is 6.61 Å². The van der Waals surface area contributed by atoms with Gasteiger partial charge in [-0.2, -0.15) is 4.39 Å². The van der Waals surface area contributed by atoms with Crippen LogP contribution in [-0.2, 0) is 4.74 Å². The lowest BCUT2D eigenvalue weighted by Gasteiger charge is -2.10. The lowest BCUT2D eigenvalue weighted by atomic mass is 9.98. The van der Waals surface area contributed by atoms with E-state index in [0.717, 1.165) is 12.8 Å². The van der Waals surface area contributed by atoms with Crippen LogP contribution in [0, 0.1) is 5.92 Å². The maximum atomic E-state index is 14.7. The Kier molecular flexibility index (Phi) is 13.6. The van der Waals surface area contributed by atoms with Crippen molar-refractivity contribution in [3.8, 4) is 0 Å². The third-order valence-electron chi connectivity index (χ3n) is 5.17. The Balaban J connectivity index is 5.44. The zero-order valence-corrected chi connectivity index (χ0v) is 20.8. The highest BCUT2D eigenvalue weighted by molar-refractivity contribution is 5.55. The van der Waals surface area contributed by atoms with Gasteiger partial charge in [0.2, 0.25) is 5.83 Å². The Morgan fingerprint density at radius 1 is 0.765 bits per heavy atom. The predicted octanol–water partition coefficient (Wildman–Crippen LogP) is 9.95. The summed E-state index contributed by atoms with van der Waals surface area (Å²) in [4.78, 5) is 0. The van der Waals surface area contributed by atoms with Crippen molar-refractivity contribution in [2.45, 2.75) is 47.0 Å². The third kappa shape index (κ3) is 9.42. The molecule has 0 heterocycles. The molecule has 0 radical (unpaired) electrons. The molecule has 0 fully saturated rings. The minimum atomic E-state index is -1.29. The zero-order chi connectivity index (χ0) is 26.6. The first-order valence-corrected chi connectivity index (χ1v) is 11.0. The lowest BCUT2D eigenvalue weighted by molar-refractivity contribution is 0.208. The first-order valence-electron chi connectivity index (χ1n) is 11.0. The number of rotatable bonds is 15. The summed E-state index contributed by atoms with van der Waals surface area (Å²) >= 11 is 0. The summed E-state index contributed by atoms with van der Waals surface area (Å²) in [5.74, 6) is -4.95. The molecule has 1 nitrogen and oxygen atoms in total. The highest BCUT2D eigenvalue weighted by Crippen LogP contribution is 2.31. The first kappa shape index (κ1) is 30.9. The van der Waals surface area contributed by atoms with Crippen LogP contribution in [0.1, 0.15) is 47.0 Å². The van der Waals surface area contributed by atoms with Gasteiger partial charge in [-0.05, 0) is 42.4 Å². The fourth-order valence-electron chi connectivity index (χ4n) is 2.33. The standard InChI is InChI=1S/C29H36F4O/c1-11-17-34-25(10)29(33)28(32)24(9)21(6)16-15-20(5)23(8)27(31)26(30)22(7)19(4)14-13-18(3)12-2/h14-16,18H,5-13,17H2,1-4H3/b16-15-,19-14+,27-26-,29-28-. The van der Waals surface area contributed by atoms with Crippen molar-refractivity contribution in [3.05, 3.63) is 120 Å². The van der Waals surface area contributed by atoms with Gasteiger partial charge in [0, 0.05) is 16.7 Å². The molecule has 0 aliphatic heterocycles. The van der Waals surface area contributed by atoms with Gasteiger partial charge in [-0.1, -0.05) is 84.9 Å². The van der Waals surface area contributed by atoms with Crippen LogP contribution in [0.25, 0.3) is 0 Å². The second-order valence-electron chi connectivity index (χ2n) is 7.98. The summed E-state index contributed by atoms with van der Waals surface area (Å²) in [7, 11) is 0. The summed E-state index contributed by atoms with van der Waals surface area (Å²) < 4.78 is 62.7. The molecule has 0 aromatic carbocycles. The van der Waals surface area contributed by atoms with Gasteiger partial charge < -0.3 is 4.74 Å². The van der Waals surface area contributed by atoms with Crippen LogP contribution in [0.3, 0.4) is 0 Å². The fourth-order valence-corrected chi connectivity index (χ4v) is 2.33. The SMILES string of the molecule is C=C(/C=C\C(=C)C(=C)/C(F)=C(/F)C(=C)/C(C)=C/CC(C)CC)C(=C)/C(F)=C(/F)C(=C)OCCC. The minimum Gasteiger partial charge on any atom is -0.491 e. The summed E-state index contributed by atoms with van der Waals surface area (Å²) in [5.41, 5.74) is -0.220. The molecule has 0 aromatic heterocycles. The molecule has 186 valence electrons. The van der Waals surface area contributed by atoms with Crippen molar-refractivity contribution >= 4 is 0 Å². The van der Waals surface area contributed by atoms with Crippen LogP contribution < -0.4 is 0 Å². The van der Waals surface area contributed by atoms with Crippen LogP contribution in [0.4, 0.5) is 17.6 Å². The van der Waals surface area contributed by atoms with Crippen molar-refractivity contribution < 1.29 is 22.3 Å². The van der Waals surface area contributed by atoms with Crippen molar-refractivity contribution in [2.24, 2.45) is 5.92 Å². The second kappa shape index (κ2) is 14.9. The number of hydrogen-bond donors (Lipinski definition) is 0. The quantitative estimate of drug-likeness (QED) is 0.130. The van der Waals surface area contributed by atoms with Gasteiger partial charge in [0.25, 0.3) is 0 Å². The Bertz CT molecular complexity index is 970. The topological polar surface area (TPSA) is 9.23 Å². The number of halogens is 4. The highest BCUT2D eigenvalue weighted by atomic mass is 19.2. The van der Waals surface area contributed by atoms with Crippen LogP contribution in [0.2, 0.25) is 0 Å². The van der Waals surface area contributed by atoms with Gasteiger partial charge in [0.15, 0.2) is 23.2 Å². The molecule has 0 spiro atoms. The molecule has 0 amide bonds. The van der Waals surface area contributed by atoms with Crippen LogP contribution in [-0.4, -0.2) is 6.61 Å². The monoisotopic (exact) mass is 476 g/mol. The van der Waals surface area contributed by atoms with E-state index in [4.69, 9.17) is 4.74 Å². The summed E-state index contributed by atoms with van der Waals surface area (Å²) in [5, 5.41) is 0. The smallest absolute Gasteiger partial charge is 0.200 e. The Morgan fingerprint density at radius 2 is 1.21 bits per heavy atom. The van der Waals surface area contributed by atoms with Crippen molar-refractivity contribution in [3.63, 3.8) is 0 Å². The van der Waals surface area contributed by atoms with Gasteiger partial charge in [-0.15, -0.1) is 0 Å². The molecule has 34 heavy (non-hydrogen) atoms. The number of ether oxygens (including phenoxy) is 1. The van der Waals surface area contributed by atoms with Crippen molar-refractivity contribution in [1.82, 2.24) is 0 Å². The molecule has 0 saturated heterocycles. The van der Waals surface area contributed by atoms with E-state index in [1.54, 1.807) is 6.92 Å². The first-order chi connectivity index (χ1) is 15.8. The maximum Gasteiger partial charge on any atom is 0.200 e. The van der Waals surface area contributed by atoms with E-state index in [2.05, 4.69) is 53.3 Å². The van der Waals surface area contributed by atoms with Gasteiger partial charge in [-0.25, -0.2) is 13.2 Å². The molecule has 5 heteroatoms. The maximum absolute atomic E-state index is 14.7. The van der Waals surface area contributed by atoms with Gasteiger partial charge in [-0.3, -0.25) is 0 Å². The van der Waals surface area contributed by atoms with E-state index < -0.39 is 29.1 Å². The molecule has 0 aromatic rings. The molecule has 0 rings (SSSR count). The lowest BCUT2D eigenvalue weighted by Crippen LogP contribution is -1.97. The highest BCUT2D eigenvalue weighted by Gasteiger charge is 2.17. The summed E-state index contributed by atoms with van der Waals surface area (Å²) in [6.07, 6.45) is 6.61. The van der Waals surface area contributed by atoms with Crippen molar-refractivity contribution in [2.75, 3.05) is 6.61 Å². The number of hydrogen-bond acceptors (Lipinski definition) is 1. The fraction of sp³-hybridized carbons (Fsp3) is 0.310. The second-order valence-corrected chi connectivity index (χ2v) is 7.98. The molecule has 0 aliphatic carbocycles. The average Bonchev–Trinajstić information content (AvgIpc) is 2.84. The average molecular weight is 477 g/mol. The summed E-state index contributed by atoms with van der Waals surface area (Å²) in [6.45, 7) is 29.0. The molecule has 0 N–H and O–H groups in total. The molecule has 0 aliphatic rings. The Morgan fingerprint density at radius 3 is 1.65 bits per heavy atom.